The molecule has 0 saturated heterocycles. The summed E-state index contributed by atoms with van der Waals surface area (Å²) < 4.78 is 0. The lowest BCUT2D eigenvalue weighted by Gasteiger charge is -1.96. The third-order valence-corrected chi connectivity index (χ3v) is 4.15. The van der Waals surface area contributed by atoms with Gasteiger partial charge >= 0.3 is 5.97 Å². The number of carbonyl (C=O) groups is 1. The number of carbonyl (C=O) groups excluding carboxylic acids is 1. The zero-order valence-corrected chi connectivity index (χ0v) is 17.0. The minimum Gasteiger partial charge on any atom is -0.370 e. The summed E-state index contributed by atoms with van der Waals surface area (Å²) in [6.07, 6.45) is 3.57. The van der Waals surface area contributed by atoms with Gasteiger partial charge in [-0.2, -0.15) is 5.90 Å². The van der Waals surface area contributed by atoms with Crippen molar-refractivity contribution < 1.29 is 9.63 Å². The predicted octanol–water partition coefficient (Wildman–Crippen LogP) is 5.56. The minimum absolute atomic E-state index is 0.470. The highest BCUT2D eigenvalue weighted by atomic mass is 16.7. The highest BCUT2D eigenvalue weighted by molar-refractivity contribution is 5.89. The summed E-state index contributed by atoms with van der Waals surface area (Å²) in [6, 6.07) is 25.9. The Morgan fingerprint density at radius 2 is 1.28 bits per heavy atom. The highest BCUT2D eigenvalue weighted by Crippen LogP contribution is 2.14. The summed E-state index contributed by atoms with van der Waals surface area (Å²) in [5.41, 5.74) is 4.15. The van der Waals surface area contributed by atoms with Crippen LogP contribution >= 0.6 is 0 Å². The van der Waals surface area contributed by atoms with E-state index in [1.165, 1.54) is 21.9 Å². The number of nitrogens with zero attached hydrogens (tertiary/aromatic N) is 1. The molecule has 0 saturated carbocycles. The molecule has 4 heteroatoms. The van der Waals surface area contributed by atoms with Crippen molar-refractivity contribution in [1.29, 1.82) is 0 Å². The first-order valence-electron chi connectivity index (χ1n) is 9.29. The molecule has 0 amide bonds. The van der Waals surface area contributed by atoms with Crippen molar-refractivity contribution >= 4 is 16.7 Å². The van der Waals surface area contributed by atoms with E-state index in [4.69, 9.17) is 5.90 Å². The van der Waals surface area contributed by atoms with Crippen LogP contribution in [0.15, 0.2) is 91.3 Å². The Morgan fingerprint density at radius 3 is 1.83 bits per heavy atom. The Bertz CT molecular complexity index is 1030. The third-order valence-electron chi connectivity index (χ3n) is 4.15. The summed E-state index contributed by atoms with van der Waals surface area (Å²) in [7, 11) is 0. The van der Waals surface area contributed by atoms with Crippen LogP contribution < -0.4 is 5.90 Å². The van der Waals surface area contributed by atoms with Gasteiger partial charge in [0, 0.05) is 12.4 Å². The standard InChI is InChI=1S/C11H10.C8H9NO2.C6H7N/c1-9-6-7-10-4-2-3-5-11(10)8-9;1-6-2-4-7(5-3-6)8(10)11-9;1-6-2-4-7-5-3-6/h2-8H,1H3;2-5H,9H2,1H3;2-5H,1H3. The Kier molecular flexibility index (Phi) is 8.54. The van der Waals surface area contributed by atoms with Crippen molar-refractivity contribution in [3.05, 3.63) is 114 Å². The van der Waals surface area contributed by atoms with Crippen LogP contribution in [0.3, 0.4) is 0 Å². The lowest BCUT2D eigenvalue weighted by Crippen LogP contribution is -2.09. The van der Waals surface area contributed by atoms with Crippen LogP contribution in [-0.4, -0.2) is 11.0 Å². The fraction of sp³-hybridized carbons (Fsp3) is 0.120. The average Bonchev–Trinajstić information content (AvgIpc) is 2.75. The van der Waals surface area contributed by atoms with Crippen molar-refractivity contribution in [1.82, 2.24) is 4.98 Å². The van der Waals surface area contributed by atoms with E-state index in [2.05, 4.69) is 59.2 Å². The van der Waals surface area contributed by atoms with Crippen molar-refractivity contribution in [2.24, 2.45) is 5.90 Å². The van der Waals surface area contributed by atoms with E-state index in [0.717, 1.165) is 5.56 Å². The molecule has 0 unspecified atom stereocenters. The van der Waals surface area contributed by atoms with Gasteiger partial charge in [-0.25, -0.2) is 4.79 Å². The number of aromatic nitrogens is 1. The molecule has 4 nitrogen and oxygen atoms in total. The summed E-state index contributed by atoms with van der Waals surface area (Å²) in [6.45, 7) is 6.10. The molecule has 0 spiro atoms. The van der Waals surface area contributed by atoms with Gasteiger partial charge in [-0.15, -0.1) is 0 Å². The summed E-state index contributed by atoms with van der Waals surface area (Å²) in [5.74, 6) is 4.18. The van der Waals surface area contributed by atoms with Gasteiger partial charge in [0.05, 0.1) is 5.56 Å². The van der Waals surface area contributed by atoms with Gasteiger partial charge in [0.25, 0.3) is 0 Å². The van der Waals surface area contributed by atoms with Gasteiger partial charge in [-0.05, 0) is 61.4 Å². The molecule has 0 bridgehead atoms. The van der Waals surface area contributed by atoms with Gasteiger partial charge < -0.3 is 4.84 Å². The van der Waals surface area contributed by atoms with Crippen molar-refractivity contribution in [2.45, 2.75) is 20.8 Å². The second kappa shape index (κ2) is 11.4. The molecule has 0 radical (unpaired) electrons. The monoisotopic (exact) mass is 386 g/mol. The highest BCUT2D eigenvalue weighted by Gasteiger charge is 2.02. The fourth-order valence-corrected chi connectivity index (χ4v) is 2.49. The first-order chi connectivity index (χ1) is 14.0. The molecule has 148 valence electrons. The van der Waals surface area contributed by atoms with Crippen LogP contribution in [0, 0.1) is 20.8 Å². The molecule has 0 atom stereocenters. The van der Waals surface area contributed by atoms with E-state index in [1.807, 2.05) is 38.1 Å². The Labute approximate surface area is 171 Å². The van der Waals surface area contributed by atoms with Crippen molar-refractivity contribution in [2.75, 3.05) is 0 Å². The molecule has 3 aromatic carbocycles. The molecule has 29 heavy (non-hydrogen) atoms. The number of fused-ring (bicyclic) bond motifs is 1. The predicted molar refractivity (Wildman–Crippen MR) is 118 cm³/mol. The van der Waals surface area contributed by atoms with Gasteiger partial charge in [0.15, 0.2) is 0 Å². The molecule has 1 aromatic heterocycles. The van der Waals surface area contributed by atoms with Crippen LogP contribution in [0.5, 0.6) is 0 Å². The molecule has 0 aliphatic carbocycles. The first-order valence-corrected chi connectivity index (χ1v) is 9.29. The molecule has 1 heterocycles. The molecule has 0 fully saturated rings. The van der Waals surface area contributed by atoms with E-state index < -0.39 is 5.97 Å². The van der Waals surface area contributed by atoms with Crippen LogP contribution in [-0.2, 0) is 4.84 Å². The molecule has 0 aliphatic heterocycles. The van der Waals surface area contributed by atoms with E-state index in [1.54, 1.807) is 24.5 Å². The Balaban J connectivity index is 0.000000160. The lowest BCUT2D eigenvalue weighted by atomic mass is 10.1. The van der Waals surface area contributed by atoms with Crippen molar-refractivity contribution in [3.63, 3.8) is 0 Å². The number of rotatable bonds is 1. The molecule has 2 N–H and O–H groups in total. The molecule has 4 aromatic rings. The van der Waals surface area contributed by atoms with Gasteiger partial charge in [0.1, 0.15) is 0 Å². The quantitative estimate of drug-likeness (QED) is 0.435. The molecular weight excluding hydrogens is 360 g/mol. The SMILES string of the molecule is Cc1ccc(C(=O)ON)cc1.Cc1ccc2ccccc2c1.Cc1ccncc1. The summed E-state index contributed by atoms with van der Waals surface area (Å²) >= 11 is 0. The lowest BCUT2D eigenvalue weighted by molar-refractivity contribution is 0.0503. The molecular formula is C25H26N2O2. The normalized spacial score (nSPS) is 9.52. The topological polar surface area (TPSA) is 65.2 Å². The number of benzene rings is 3. The smallest absolute Gasteiger partial charge is 0.356 e. The fourth-order valence-electron chi connectivity index (χ4n) is 2.49. The van der Waals surface area contributed by atoms with Crippen molar-refractivity contribution in [3.8, 4) is 0 Å². The van der Waals surface area contributed by atoms with Crippen LogP contribution in [0.25, 0.3) is 10.8 Å². The van der Waals surface area contributed by atoms with E-state index in [0.29, 0.717) is 5.56 Å². The Morgan fingerprint density at radius 1 is 0.724 bits per heavy atom. The van der Waals surface area contributed by atoms with Gasteiger partial charge in [0.2, 0.25) is 0 Å². The number of pyridine rings is 1. The number of nitrogens with two attached hydrogens (primary N) is 1. The zero-order chi connectivity index (χ0) is 21.1. The van der Waals surface area contributed by atoms with Crippen LogP contribution in [0.4, 0.5) is 0 Å². The zero-order valence-electron chi connectivity index (χ0n) is 17.0. The number of hydrogen-bond donors (Lipinski definition) is 1. The van der Waals surface area contributed by atoms with E-state index in [-0.39, 0.29) is 0 Å². The maximum atomic E-state index is 10.8. The minimum atomic E-state index is -0.509. The summed E-state index contributed by atoms with van der Waals surface area (Å²) in [4.78, 5) is 18.7. The Hall–Kier alpha value is -3.50. The largest absolute Gasteiger partial charge is 0.370 e. The number of hydrogen-bond acceptors (Lipinski definition) is 4. The average molecular weight is 386 g/mol. The number of aryl methyl sites for hydroxylation is 3. The van der Waals surface area contributed by atoms with E-state index >= 15 is 0 Å². The van der Waals surface area contributed by atoms with Gasteiger partial charge in [-0.3, -0.25) is 4.98 Å². The second-order valence-electron chi connectivity index (χ2n) is 6.65. The van der Waals surface area contributed by atoms with Gasteiger partial charge in [-0.1, -0.05) is 65.7 Å². The summed E-state index contributed by atoms with van der Waals surface area (Å²) in [5, 5.41) is 2.64. The van der Waals surface area contributed by atoms with Crippen LogP contribution in [0.2, 0.25) is 0 Å². The molecule has 4 rings (SSSR count). The maximum Gasteiger partial charge on any atom is 0.356 e. The second-order valence-corrected chi connectivity index (χ2v) is 6.65. The first kappa shape index (κ1) is 21.8. The maximum absolute atomic E-state index is 10.8. The van der Waals surface area contributed by atoms with E-state index in [9.17, 15) is 4.79 Å². The third kappa shape index (κ3) is 7.56. The van der Waals surface area contributed by atoms with Crippen LogP contribution in [0.1, 0.15) is 27.0 Å². The molecule has 0 aliphatic rings.